The lowest BCUT2D eigenvalue weighted by molar-refractivity contribution is 1.07. The predicted octanol–water partition coefficient (Wildman–Crippen LogP) is 4.44. The van der Waals surface area contributed by atoms with Crippen LogP contribution in [0.5, 0.6) is 0 Å². The van der Waals surface area contributed by atoms with E-state index >= 15 is 0 Å². The molecule has 0 saturated heterocycles. The zero-order valence-electron chi connectivity index (χ0n) is 14.7. The van der Waals surface area contributed by atoms with E-state index < -0.39 is 0 Å². The Kier molecular flexibility index (Phi) is 3.40. The number of aromatic amines is 2. The molecule has 3 aromatic carbocycles. The summed E-state index contributed by atoms with van der Waals surface area (Å²) in [5.41, 5.74) is 6.16. The maximum atomic E-state index is 12.0. The molecule has 0 aliphatic carbocycles. The topological polar surface area (TPSA) is 74.4 Å². The van der Waals surface area contributed by atoms with E-state index in [1.54, 1.807) is 0 Å². The van der Waals surface area contributed by atoms with E-state index in [2.05, 4.69) is 32.3 Å². The van der Waals surface area contributed by atoms with E-state index in [9.17, 15) is 4.79 Å². The molecule has 130 valence electrons. The number of hydrogen-bond donors (Lipinski definition) is 2. The highest BCUT2D eigenvalue weighted by atomic mass is 16.1. The van der Waals surface area contributed by atoms with E-state index in [1.165, 1.54) is 0 Å². The minimum Gasteiger partial charge on any atom is -0.305 e. The van der Waals surface area contributed by atoms with Gasteiger partial charge in [-0.05, 0) is 36.2 Å². The molecular weight excluding hydrogens is 336 g/mol. The van der Waals surface area contributed by atoms with Gasteiger partial charge in [-0.25, -0.2) is 4.79 Å². The van der Waals surface area contributed by atoms with Crippen molar-refractivity contribution in [2.45, 2.75) is 6.92 Å². The van der Waals surface area contributed by atoms with Crippen LogP contribution < -0.4 is 5.69 Å². The van der Waals surface area contributed by atoms with Crippen LogP contribution in [0.25, 0.3) is 44.2 Å². The smallest absolute Gasteiger partial charge is 0.305 e. The van der Waals surface area contributed by atoms with Crippen LogP contribution in [0.2, 0.25) is 0 Å². The number of nitrogens with one attached hydrogen (secondary N) is 2. The molecule has 5 rings (SSSR count). The summed E-state index contributed by atoms with van der Waals surface area (Å²) in [7, 11) is 0. The zero-order chi connectivity index (χ0) is 18.4. The minimum absolute atomic E-state index is 0.345. The summed E-state index contributed by atoms with van der Waals surface area (Å²) in [5, 5.41) is 9.44. The summed E-state index contributed by atoms with van der Waals surface area (Å²) in [6.07, 6.45) is 0. The molecular formula is C22H16N4O. The van der Waals surface area contributed by atoms with Crippen LogP contribution in [-0.2, 0) is 0 Å². The molecule has 0 aliphatic heterocycles. The number of fused-ring (bicyclic) bond motifs is 2. The average molecular weight is 352 g/mol. The van der Waals surface area contributed by atoms with Crippen molar-refractivity contribution < 1.29 is 0 Å². The number of aromatic nitrogens is 4. The van der Waals surface area contributed by atoms with E-state index in [4.69, 9.17) is 0 Å². The summed E-state index contributed by atoms with van der Waals surface area (Å²) >= 11 is 0. The molecule has 0 spiro atoms. The van der Waals surface area contributed by atoms with Crippen LogP contribution >= 0.6 is 0 Å². The number of benzene rings is 3. The molecule has 0 aliphatic rings. The van der Waals surface area contributed by atoms with Gasteiger partial charge in [-0.1, -0.05) is 48.5 Å². The third kappa shape index (κ3) is 2.52. The summed E-state index contributed by atoms with van der Waals surface area (Å²) in [5.74, 6) is 0. The fourth-order valence-corrected chi connectivity index (χ4v) is 3.61. The molecule has 0 atom stereocenters. The van der Waals surface area contributed by atoms with Crippen molar-refractivity contribution in [1.82, 2.24) is 20.2 Å². The molecule has 5 heteroatoms. The van der Waals surface area contributed by atoms with Gasteiger partial charge in [0.15, 0.2) is 0 Å². The van der Waals surface area contributed by atoms with Gasteiger partial charge in [-0.3, -0.25) is 5.10 Å². The Labute approximate surface area is 154 Å². The van der Waals surface area contributed by atoms with Gasteiger partial charge in [0.2, 0.25) is 0 Å². The molecule has 2 aromatic heterocycles. The fraction of sp³-hybridized carbons (Fsp3) is 0.0455. The molecule has 0 saturated carbocycles. The lowest BCUT2D eigenvalue weighted by atomic mass is 9.97. The van der Waals surface area contributed by atoms with Crippen LogP contribution in [0.4, 0.5) is 0 Å². The van der Waals surface area contributed by atoms with Crippen molar-refractivity contribution >= 4 is 21.8 Å². The Balaban J connectivity index is 1.82. The molecule has 5 aromatic rings. The lowest BCUT2D eigenvalue weighted by Gasteiger charge is -2.09. The van der Waals surface area contributed by atoms with Gasteiger partial charge >= 0.3 is 5.69 Å². The molecule has 0 radical (unpaired) electrons. The Bertz CT molecular complexity index is 1350. The normalized spacial score (nSPS) is 11.3. The molecule has 0 amide bonds. The first-order chi connectivity index (χ1) is 13.2. The van der Waals surface area contributed by atoms with Gasteiger partial charge < -0.3 is 4.98 Å². The monoisotopic (exact) mass is 352 g/mol. The van der Waals surface area contributed by atoms with Crippen LogP contribution in [-0.4, -0.2) is 20.2 Å². The highest BCUT2D eigenvalue weighted by Crippen LogP contribution is 2.33. The summed E-state index contributed by atoms with van der Waals surface area (Å²) < 4.78 is 0. The summed E-state index contributed by atoms with van der Waals surface area (Å²) in [4.78, 5) is 19.1. The van der Waals surface area contributed by atoms with Crippen molar-refractivity contribution in [1.29, 1.82) is 0 Å². The Hall–Kier alpha value is -3.73. The first-order valence-corrected chi connectivity index (χ1v) is 8.74. The first kappa shape index (κ1) is 15.5. The first-order valence-electron chi connectivity index (χ1n) is 8.74. The van der Waals surface area contributed by atoms with Gasteiger partial charge in [0, 0.05) is 22.0 Å². The second-order valence-corrected chi connectivity index (χ2v) is 6.57. The van der Waals surface area contributed by atoms with Crippen molar-refractivity contribution in [2.75, 3.05) is 0 Å². The van der Waals surface area contributed by atoms with E-state index in [1.807, 2.05) is 61.5 Å². The number of H-pyrrole nitrogens is 2. The van der Waals surface area contributed by atoms with Gasteiger partial charge in [-0.2, -0.15) is 10.1 Å². The molecule has 0 unspecified atom stereocenters. The summed E-state index contributed by atoms with van der Waals surface area (Å²) in [6, 6.07) is 21.9. The Morgan fingerprint density at radius 3 is 2.59 bits per heavy atom. The standard InChI is InChI=1S/C22H16N4O/c1-13-20-16(8-5-9-19(20)26-25-13)15-10-11-18-17(12-15)21(24-22(27)23-18)14-6-3-2-4-7-14/h2-12H,1H3,(H,25,26)(H,23,24,27). The van der Waals surface area contributed by atoms with Crippen LogP contribution in [0, 0.1) is 6.92 Å². The van der Waals surface area contributed by atoms with Crippen LogP contribution in [0.15, 0.2) is 71.5 Å². The fourth-order valence-electron chi connectivity index (χ4n) is 3.61. The molecule has 2 heterocycles. The highest BCUT2D eigenvalue weighted by Gasteiger charge is 2.12. The van der Waals surface area contributed by atoms with Gasteiger partial charge in [0.1, 0.15) is 0 Å². The highest BCUT2D eigenvalue weighted by molar-refractivity contribution is 6.00. The summed E-state index contributed by atoms with van der Waals surface area (Å²) in [6.45, 7) is 2.02. The molecule has 2 N–H and O–H groups in total. The average Bonchev–Trinajstić information content (AvgIpc) is 3.09. The molecule has 0 bridgehead atoms. The van der Waals surface area contributed by atoms with Crippen molar-refractivity contribution in [3.8, 4) is 22.4 Å². The van der Waals surface area contributed by atoms with Gasteiger partial charge in [0.25, 0.3) is 0 Å². The maximum Gasteiger partial charge on any atom is 0.345 e. The largest absolute Gasteiger partial charge is 0.345 e. The zero-order valence-corrected chi connectivity index (χ0v) is 14.7. The third-order valence-electron chi connectivity index (χ3n) is 4.85. The number of aryl methyl sites for hydroxylation is 1. The van der Waals surface area contributed by atoms with Crippen LogP contribution in [0.1, 0.15) is 5.69 Å². The molecule has 27 heavy (non-hydrogen) atoms. The van der Waals surface area contributed by atoms with E-state index in [0.717, 1.165) is 44.2 Å². The second-order valence-electron chi connectivity index (χ2n) is 6.57. The third-order valence-corrected chi connectivity index (χ3v) is 4.85. The number of rotatable bonds is 2. The van der Waals surface area contributed by atoms with Gasteiger partial charge in [0.05, 0.1) is 16.7 Å². The van der Waals surface area contributed by atoms with Gasteiger partial charge in [-0.15, -0.1) is 0 Å². The van der Waals surface area contributed by atoms with Crippen LogP contribution in [0.3, 0.4) is 0 Å². The number of hydrogen-bond acceptors (Lipinski definition) is 3. The maximum absolute atomic E-state index is 12.0. The Morgan fingerprint density at radius 2 is 1.74 bits per heavy atom. The van der Waals surface area contributed by atoms with Crippen molar-refractivity contribution in [3.63, 3.8) is 0 Å². The van der Waals surface area contributed by atoms with Crippen molar-refractivity contribution in [3.05, 3.63) is 82.9 Å². The SMILES string of the molecule is Cc1[nH]nc2cccc(-c3ccc4[nH]c(=O)nc(-c5ccccc5)c4c3)c12. The molecule has 0 fully saturated rings. The lowest BCUT2D eigenvalue weighted by Crippen LogP contribution is -2.11. The predicted molar refractivity (Wildman–Crippen MR) is 108 cm³/mol. The van der Waals surface area contributed by atoms with E-state index in [-0.39, 0.29) is 5.69 Å². The van der Waals surface area contributed by atoms with E-state index in [0.29, 0.717) is 5.69 Å². The minimum atomic E-state index is -0.345. The number of nitrogens with zero attached hydrogens (tertiary/aromatic N) is 2. The molecule has 5 nitrogen and oxygen atoms in total. The Morgan fingerprint density at radius 1 is 0.889 bits per heavy atom. The quantitative estimate of drug-likeness (QED) is 0.493. The second kappa shape index (κ2) is 5.92. The van der Waals surface area contributed by atoms with Crippen molar-refractivity contribution in [2.24, 2.45) is 0 Å².